The van der Waals surface area contributed by atoms with Crippen LogP contribution >= 0.6 is 0 Å². The number of likely N-dealkylation sites (N-methyl/N-ethyl adjacent to an activating group) is 1. The molecule has 0 radical (unpaired) electrons. The maximum absolute atomic E-state index is 5.08. The highest BCUT2D eigenvalue weighted by Crippen LogP contribution is 2.13. The smallest absolute Gasteiger partial charge is 0.0947 e. The van der Waals surface area contributed by atoms with Crippen LogP contribution in [0.3, 0.4) is 0 Å². The van der Waals surface area contributed by atoms with E-state index in [9.17, 15) is 0 Å². The first kappa shape index (κ1) is 9.74. The molecule has 1 aliphatic heterocycles. The fraction of sp³-hybridized carbons (Fsp3) is 0.636. The lowest BCUT2D eigenvalue weighted by Gasteiger charge is -2.26. The fourth-order valence-corrected chi connectivity index (χ4v) is 2.07. The molecule has 1 saturated heterocycles. The van der Waals surface area contributed by atoms with E-state index in [4.69, 9.17) is 4.42 Å². The van der Waals surface area contributed by atoms with Crippen molar-refractivity contribution in [1.29, 1.82) is 0 Å². The van der Waals surface area contributed by atoms with E-state index in [-0.39, 0.29) is 0 Å². The van der Waals surface area contributed by atoms with Crippen LogP contribution in [0.15, 0.2) is 23.0 Å². The Kier molecular flexibility index (Phi) is 3.22. The van der Waals surface area contributed by atoms with Gasteiger partial charge >= 0.3 is 0 Å². The lowest BCUT2D eigenvalue weighted by atomic mass is 10.2. The van der Waals surface area contributed by atoms with Crippen LogP contribution in [0.4, 0.5) is 0 Å². The third-order valence-electron chi connectivity index (χ3n) is 2.92. The molecule has 0 aromatic carbocycles. The summed E-state index contributed by atoms with van der Waals surface area (Å²) < 4.78 is 5.08. The van der Waals surface area contributed by atoms with E-state index < -0.39 is 0 Å². The summed E-state index contributed by atoms with van der Waals surface area (Å²) in [4.78, 5) is 2.50. The van der Waals surface area contributed by atoms with Crippen LogP contribution in [0.25, 0.3) is 0 Å². The van der Waals surface area contributed by atoms with Crippen LogP contribution in [0.1, 0.15) is 18.9 Å². The van der Waals surface area contributed by atoms with E-state index in [1.165, 1.54) is 12.0 Å². The highest BCUT2D eigenvalue weighted by Gasteiger charge is 2.20. The van der Waals surface area contributed by atoms with Crippen LogP contribution in [0.5, 0.6) is 0 Å². The maximum atomic E-state index is 5.08. The van der Waals surface area contributed by atoms with E-state index in [1.807, 2.05) is 12.3 Å². The third-order valence-corrected chi connectivity index (χ3v) is 2.92. The minimum Gasteiger partial charge on any atom is -0.472 e. The van der Waals surface area contributed by atoms with Gasteiger partial charge in [-0.3, -0.25) is 4.90 Å². The molecule has 14 heavy (non-hydrogen) atoms. The molecule has 1 aromatic heterocycles. The van der Waals surface area contributed by atoms with Crippen molar-refractivity contribution in [3.05, 3.63) is 24.2 Å². The van der Waals surface area contributed by atoms with Crippen molar-refractivity contribution in [2.24, 2.45) is 0 Å². The van der Waals surface area contributed by atoms with Crippen molar-refractivity contribution < 1.29 is 4.42 Å². The summed E-state index contributed by atoms with van der Waals surface area (Å²) in [6, 6.07) is 2.75. The van der Waals surface area contributed by atoms with Crippen LogP contribution in [0, 0.1) is 0 Å². The molecule has 0 bridgehead atoms. The minimum atomic E-state index is 0.704. The first-order chi connectivity index (χ1) is 6.90. The second-order valence-electron chi connectivity index (χ2n) is 3.84. The van der Waals surface area contributed by atoms with Gasteiger partial charge < -0.3 is 9.73 Å². The molecule has 78 valence electrons. The predicted octanol–water partition coefficient (Wildman–Crippen LogP) is 1.46. The molecule has 2 rings (SSSR count). The topological polar surface area (TPSA) is 28.4 Å². The van der Waals surface area contributed by atoms with Gasteiger partial charge in [0.2, 0.25) is 0 Å². The highest BCUT2D eigenvalue weighted by atomic mass is 16.3. The lowest BCUT2D eigenvalue weighted by Crippen LogP contribution is -2.35. The molecule has 0 aliphatic carbocycles. The van der Waals surface area contributed by atoms with E-state index in [0.29, 0.717) is 6.04 Å². The molecule has 0 saturated carbocycles. The van der Waals surface area contributed by atoms with E-state index in [2.05, 4.69) is 17.1 Å². The van der Waals surface area contributed by atoms with Gasteiger partial charge in [-0.2, -0.15) is 0 Å². The van der Waals surface area contributed by atoms with Gasteiger partial charge in [0, 0.05) is 24.7 Å². The number of hydrogen-bond donors (Lipinski definition) is 1. The van der Waals surface area contributed by atoms with Gasteiger partial charge in [-0.1, -0.05) is 6.92 Å². The SMILES string of the molecule is CCN(Cc1ccoc1)C1CCNC1. The summed E-state index contributed by atoms with van der Waals surface area (Å²) in [5.74, 6) is 0. The molecule has 3 heteroatoms. The molecule has 1 aliphatic rings. The number of rotatable bonds is 4. The quantitative estimate of drug-likeness (QED) is 0.786. The van der Waals surface area contributed by atoms with Crippen molar-refractivity contribution in [1.82, 2.24) is 10.2 Å². The van der Waals surface area contributed by atoms with Crippen molar-refractivity contribution in [3.8, 4) is 0 Å². The zero-order chi connectivity index (χ0) is 9.80. The Morgan fingerprint density at radius 3 is 3.14 bits per heavy atom. The van der Waals surface area contributed by atoms with Gasteiger partial charge in [0.05, 0.1) is 12.5 Å². The molecule has 1 unspecified atom stereocenters. The van der Waals surface area contributed by atoms with E-state index >= 15 is 0 Å². The Labute approximate surface area is 85.1 Å². The van der Waals surface area contributed by atoms with Crippen molar-refractivity contribution >= 4 is 0 Å². The summed E-state index contributed by atoms with van der Waals surface area (Å²) in [6.07, 6.45) is 4.85. The molecule has 3 nitrogen and oxygen atoms in total. The van der Waals surface area contributed by atoms with Crippen LogP contribution in [0.2, 0.25) is 0 Å². The minimum absolute atomic E-state index is 0.704. The summed E-state index contributed by atoms with van der Waals surface area (Å²) in [5.41, 5.74) is 1.28. The largest absolute Gasteiger partial charge is 0.472 e. The van der Waals surface area contributed by atoms with Gasteiger partial charge in [0.15, 0.2) is 0 Å². The molecular weight excluding hydrogens is 176 g/mol. The first-order valence-corrected chi connectivity index (χ1v) is 5.36. The Hall–Kier alpha value is -0.800. The van der Waals surface area contributed by atoms with Crippen LogP contribution < -0.4 is 5.32 Å². The molecule has 1 aromatic rings. The van der Waals surface area contributed by atoms with Crippen molar-refractivity contribution in [2.45, 2.75) is 25.9 Å². The summed E-state index contributed by atoms with van der Waals surface area (Å²) in [5, 5.41) is 3.40. The summed E-state index contributed by atoms with van der Waals surface area (Å²) >= 11 is 0. The standard InChI is InChI=1S/C11H18N2O/c1-2-13(11-3-5-12-7-11)8-10-4-6-14-9-10/h4,6,9,11-12H,2-3,5,7-8H2,1H3. The Balaban J connectivity index is 1.92. The number of nitrogens with zero attached hydrogens (tertiary/aromatic N) is 1. The number of hydrogen-bond acceptors (Lipinski definition) is 3. The normalized spacial score (nSPS) is 22.0. The second-order valence-corrected chi connectivity index (χ2v) is 3.84. The third kappa shape index (κ3) is 2.16. The van der Waals surface area contributed by atoms with Crippen LogP contribution in [-0.2, 0) is 6.54 Å². The molecular formula is C11H18N2O. The molecule has 1 N–H and O–H groups in total. The predicted molar refractivity (Wildman–Crippen MR) is 56.1 cm³/mol. The van der Waals surface area contributed by atoms with Gasteiger partial charge in [-0.25, -0.2) is 0 Å². The van der Waals surface area contributed by atoms with Crippen molar-refractivity contribution in [2.75, 3.05) is 19.6 Å². The average Bonchev–Trinajstić information content (AvgIpc) is 2.86. The van der Waals surface area contributed by atoms with E-state index in [1.54, 1.807) is 6.26 Å². The second kappa shape index (κ2) is 4.62. The number of furan rings is 1. The average molecular weight is 194 g/mol. The van der Waals surface area contributed by atoms with Crippen LogP contribution in [-0.4, -0.2) is 30.6 Å². The number of nitrogens with one attached hydrogen (secondary N) is 1. The molecule has 0 spiro atoms. The van der Waals surface area contributed by atoms with E-state index in [0.717, 1.165) is 26.2 Å². The molecule has 0 amide bonds. The molecule has 1 fully saturated rings. The first-order valence-electron chi connectivity index (χ1n) is 5.36. The Bertz CT molecular complexity index is 252. The highest BCUT2D eigenvalue weighted by molar-refractivity contribution is 5.05. The van der Waals surface area contributed by atoms with Gasteiger partial charge in [0.1, 0.15) is 0 Å². The monoisotopic (exact) mass is 194 g/mol. The van der Waals surface area contributed by atoms with Gasteiger partial charge in [0.25, 0.3) is 0 Å². The van der Waals surface area contributed by atoms with Gasteiger partial charge in [-0.05, 0) is 25.6 Å². The fourth-order valence-electron chi connectivity index (χ4n) is 2.07. The zero-order valence-electron chi connectivity index (χ0n) is 8.70. The Morgan fingerprint density at radius 2 is 2.57 bits per heavy atom. The summed E-state index contributed by atoms with van der Waals surface area (Å²) in [6.45, 7) is 6.63. The zero-order valence-corrected chi connectivity index (χ0v) is 8.70. The molecule has 1 atom stereocenters. The molecule has 2 heterocycles. The summed E-state index contributed by atoms with van der Waals surface area (Å²) in [7, 11) is 0. The van der Waals surface area contributed by atoms with Crippen molar-refractivity contribution in [3.63, 3.8) is 0 Å². The lowest BCUT2D eigenvalue weighted by molar-refractivity contribution is 0.210. The van der Waals surface area contributed by atoms with Gasteiger partial charge in [-0.15, -0.1) is 0 Å². The maximum Gasteiger partial charge on any atom is 0.0947 e. The Morgan fingerprint density at radius 1 is 1.64 bits per heavy atom.